The van der Waals surface area contributed by atoms with E-state index in [4.69, 9.17) is 0 Å². The largest absolute Gasteiger partial charge is 0.308 e. The van der Waals surface area contributed by atoms with Crippen LogP contribution in [0.25, 0.3) is 0 Å². The zero-order chi connectivity index (χ0) is 13.9. The highest BCUT2D eigenvalue weighted by molar-refractivity contribution is 7.99. The summed E-state index contributed by atoms with van der Waals surface area (Å²) < 4.78 is 0. The molecule has 3 heteroatoms. The van der Waals surface area contributed by atoms with E-state index >= 15 is 0 Å². The predicted molar refractivity (Wildman–Crippen MR) is 87.0 cm³/mol. The maximum Gasteiger partial charge on any atom is 0.0334 e. The molecule has 2 fully saturated rings. The molecule has 1 aliphatic heterocycles. The molecule has 0 aromatic heterocycles. The van der Waals surface area contributed by atoms with E-state index in [0.717, 1.165) is 5.92 Å². The second-order valence-corrected chi connectivity index (χ2v) is 8.27. The van der Waals surface area contributed by atoms with Crippen molar-refractivity contribution in [1.82, 2.24) is 10.2 Å². The lowest BCUT2D eigenvalue weighted by atomic mass is 9.84. The quantitative estimate of drug-likeness (QED) is 0.722. The highest BCUT2D eigenvalue weighted by atomic mass is 32.2. The summed E-state index contributed by atoms with van der Waals surface area (Å²) in [5.74, 6) is 3.53. The SMILES string of the molecule is CCSCCCN1CC(C)(CC)NCC1(C)C1CC1. The number of rotatable bonds is 7. The predicted octanol–water partition coefficient (Wildman–Crippen LogP) is 3.37. The number of piperazine rings is 1. The van der Waals surface area contributed by atoms with E-state index in [9.17, 15) is 0 Å². The van der Waals surface area contributed by atoms with E-state index in [-0.39, 0.29) is 0 Å². The third kappa shape index (κ3) is 3.68. The Kier molecular flexibility index (Phi) is 5.24. The van der Waals surface area contributed by atoms with Gasteiger partial charge in [-0.2, -0.15) is 11.8 Å². The molecule has 0 aromatic carbocycles. The number of nitrogens with one attached hydrogen (secondary N) is 1. The fraction of sp³-hybridized carbons (Fsp3) is 1.00. The molecular formula is C16H32N2S. The Morgan fingerprint density at radius 1 is 1.26 bits per heavy atom. The van der Waals surface area contributed by atoms with Crippen molar-refractivity contribution < 1.29 is 0 Å². The summed E-state index contributed by atoms with van der Waals surface area (Å²) in [7, 11) is 0. The maximum absolute atomic E-state index is 3.84. The van der Waals surface area contributed by atoms with Gasteiger partial charge in [0, 0.05) is 24.2 Å². The Bertz CT molecular complexity index is 292. The van der Waals surface area contributed by atoms with Crippen molar-refractivity contribution in [3.05, 3.63) is 0 Å². The van der Waals surface area contributed by atoms with Crippen molar-refractivity contribution in [2.45, 2.75) is 64.5 Å². The summed E-state index contributed by atoms with van der Waals surface area (Å²) in [6.07, 6.45) is 5.47. The molecule has 2 rings (SSSR count). The van der Waals surface area contributed by atoms with E-state index in [0.29, 0.717) is 11.1 Å². The minimum absolute atomic E-state index is 0.326. The molecule has 2 unspecified atom stereocenters. The second-order valence-electron chi connectivity index (χ2n) is 6.87. The minimum Gasteiger partial charge on any atom is -0.308 e. The minimum atomic E-state index is 0.326. The van der Waals surface area contributed by atoms with Crippen LogP contribution in [-0.2, 0) is 0 Å². The molecule has 1 saturated heterocycles. The van der Waals surface area contributed by atoms with Crippen molar-refractivity contribution in [1.29, 1.82) is 0 Å². The van der Waals surface area contributed by atoms with Crippen molar-refractivity contribution in [3.8, 4) is 0 Å². The van der Waals surface area contributed by atoms with Gasteiger partial charge >= 0.3 is 0 Å². The summed E-state index contributed by atoms with van der Waals surface area (Å²) in [6.45, 7) is 13.2. The van der Waals surface area contributed by atoms with Gasteiger partial charge in [-0.3, -0.25) is 4.90 Å². The van der Waals surface area contributed by atoms with E-state index in [1.165, 1.54) is 56.8 Å². The summed E-state index contributed by atoms with van der Waals surface area (Å²) in [6, 6.07) is 0. The fourth-order valence-corrected chi connectivity index (χ4v) is 3.96. The van der Waals surface area contributed by atoms with Gasteiger partial charge in [0.15, 0.2) is 0 Å². The maximum atomic E-state index is 3.84. The van der Waals surface area contributed by atoms with Gasteiger partial charge < -0.3 is 5.32 Å². The van der Waals surface area contributed by atoms with E-state index in [1.807, 2.05) is 0 Å². The Labute approximate surface area is 124 Å². The molecular weight excluding hydrogens is 252 g/mol. The van der Waals surface area contributed by atoms with Crippen molar-refractivity contribution in [2.24, 2.45) is 5.92 Å². The number of hydrogen-bond donors (Lipinski definition) is 1. The fourth-order valence-electron chi connectivity index (χ4n) is 3.34. The van der Waals surface area contributed by atoms with Crippen LogP contribution in [-0.4, -0.2) is 47.1 Å². The molecule has 112 valence electrons. The third-order valence-electron chi connectivity index (χ3n) is 5.29. The van der Waals surface area contributed by atoms with Gasteiger partial charge in [0.2, 0.25) is 0 Å². The highest BCUT2D eigenvalue weighted by Crippen LogP contribution is 2.45. The van der Waals surface area contributed by atoms with Crippen LogP contribution in [0.3, 0.4) is 0 Å². The van der Waals surface area contributed by atoms with Crippen LogP contribution in [0, 0.1) is 5.92 Å². The van der Waals surface area contributed by atoms with Gasteiger partial charge in [-0.15, -0.1) is 0 Å². The Morgan fingerprint density at radius 2 is 2.00 bits per heavy atom. The lowest BCUT2D eigenvalue weighted by Crippen LogP contribution is -2.68. The van der Waals surface area contributed by atoms with Crippen molar-refractivity contribution >= 4 is 11.8 Å². The van der Waals surface area contributed by atoms with Crippen LogP contribution < -0.4 is 5.32 Å². The van der Waals surface area contributed by atoms with Crippen LogP contribution >= 0.6 is 11.8 Å². The molecule has 0 amide bonds. The van der Waals surface area contributed by atoms with Crippen LogP contribution in [0.15, 0.2) is 0 Å². The summed E-state index contributed by atoms with van der Waals surface area (Å²) in [4.78, 5) is 2.82. The number of hydrogen-bond acceptors (Lipinski definition) is 3. The van der Waals surface area contributed by atoms with Crippen molar-refractivity contribution in [2.75, 3.05) is 31.1 Å². The molecule has 0 radical (unpaired) electrons. The topological polar surface area (TPSA) is 15.3 Å². The molecule has 2 aliphatic rings. The zero-order valence-electron chi connectivity index (χ0n) is 13.3. The first-order valence-corrected chi connectivity index (χ1v) is 9.27. The average molecular weight is 285 g/mol. The summed E-state index contributed by atoms with van der Waals surface area (Å²) in [5.41, 5.74) is 0.748. The van der Waals surface area contributed by atoms with E-state index in [2.05, 4.69) is 49.7 Å². The number of nitrogens with zero attached hydrogens (tertiary/aromatic N) is 1. The molecule has 0 spiro atoms. The highest BCUT2D eigenvalue weighted by Gasteiger charge is 2.49. The van der Waals surface area contributed by atoms with Gasteiger partial charge in [0.25, 0.3) is 0 Å². The van der Waals surface area contributed by atoms with Crippen molar-refractivity contribution in [3.63, 3.8) is 0 Å². The molecule has 1 aliphatic carbocycles. The molecule has 2 atom stereocenters. The first-order chi connectivity index (χ1) is 9.04. The molecule has 0 aromatic rings. The molecule has 0 bridgehead atoms. The molecule has 1 heterocycles. The Morgan fingerprint density at radius 3 is 2.58 bits per heavy atom. The van der Waals surface area contributed by atoms with Crippen LogP contribution in [0.5, 0.6) is 0 Å². The van der Waals surface area contributed by atoms with Crippen LogP contribution in [0.4, 0.5) is 0 Å². The Hall–Kier alpha value is 0.270. The zero-order valence-corrected chi connectivity index (χ0v) is 14.1. The van der Waals surface area contributed by atoms with Gasteiger partial charge in [0.05, 0.1) is 0 Å². The third-order valence-corrected chi connectivity index (χ3v) is 6.28. The van der Waals surface area contributed by atoms with E-state index < -0.39 is 0 Å². The van der Waals surface area contributed by atoms with Crippen LogP contribution in [0.2, 0.25) is 0 Å². The molecule has 1 saturated carbocycles. The van der Waals surface area contributed by atoms with Gasteiger partial charge in [0.1, 0.15) is 0 Å². The standard InChI is InChI=1S/C16H32N2S/c1-5-15(3)13-18(10-7-11-19-6-2)16(4,12-17-15)14-8-9-14/h14,17H,5-13H2,1-4H3. The molecule has 19 heavy (non-hydrogen) atoms. The summed E-state index contributed by atoms with van der Waals surface area (Å²) >= 11 is 2.08. The first kappa shape index (κ1) is 15.7. The lowest BCUT2D eigenvalue weighted by Gasteiger charge is -2.53. The smallest absolute Gasteiger partial charge is 0.0334 e. The molecule has 1 N–H and O–H groups in total. The monoisotopic (exact) mass is 284 g/mol. The molecule has 2 nitrogen and oxygen atoms in total. The lowest BCUT2D eigenvalue weighted by molar-refractivity contribution is 0.00555. The van der Waals surface area contributed by atoms with Gasteiger partial charge in [-0.1, -0.05) is 13.8 Å². The summed E-state index contributed by atoms with van der Waals surface area (Å²) in [5, 5.41) is 3.84. The van der Waals surface area contributed by atoms with E-state index in [1.54, 1.807) is 0 Å². The first-order valence-electron chi connectivity index (χ1n) is 8.12. The normalized spacial score (nSPS) is 36.6. The van der Waals surface area contributed by atoms with Gasteiger partial charge in [-0.05, 0) is 63.5 Å². The average Bonchev–Trinajstić information content (AvgIpc) is 3.24. The van der Waals surface area contributed by atoms with Crippen LogP contribution in [0.1, 0.15) is 53.4 Å². The van der Waals surface area contributed by atoms with Gasteiger partial charge in [-0.25, -0.2) is 0 Å². The number of thioether (sulfide) groups is 1. The second kappa shape index (κ2) is 6.36. The Balaban J connectivity index is 1.95.